The van der Waals surface area contributed by atoms with Gasteiger partial charge in [-0.3, -0.25) is 14.3 Å². The molecular formula is C15H16N4O2. The monoisotopic (exact) mass is 284 g/mol. The number of hydrogen-bond acceptors (Lipinski definition) is 4. The van der Waals surface area contributed by atoms with Gasteiger partial charge in [-0.25, -0.2) is 4.90 Å². The zero-order chi connectivity index (χ0) is 15.3. The molecule has 2 aromatic rings. The first kappa shape index (κ1) is 13.5. The molecule has 0 saturated heterocycles. The normalized spacial score (nSPS) is 14.0. The van der Waals surface area contributed by atoms with Crippen molar-refractivity contribution >= 4 is 17.6 Å². The second-order valence-electron chi connectivity index (χ2n) is 5.22. The van der Waals surface area contributed by atoms with E-state index in [1.807, 2.05) is 26.0 Å². The van der Waals surface area contributed by atoms with Crippen molar-refractivity contribution in [1.82, 2.24) is 9.78 Å². The number of imide groups is 1. The molecule has 0 saturated carbocycles. The van der Waals surface area contributed by atoms with Crippen molar-refractivity contribution < 1.29 is 9.59 Å². The zero-order valence-corrected chi connectivity index (χ0v) is 12.2. The molecule has 0 aliphatic carbocycles. The number of benzene rings is 1. The first-order valence-corrected chi connectivity index (χ1v) is 6.67. The number of fused-ring (bicyclic) bond motifs is 1. The van der Waals surface area contributed by atoms with Crippen LogP contribution in [-0.4, -0.2) is 21.6 Å². The minimum Gasteiger partial charge on any atom is -0.326 e. The highest BCUT2D eigenvalue weighted by Crippen LogP contribution is 2.33. The second-order valence-corrected chi connectivity index (χ2v) is 5.22. The molecule has 21 heavy (non-hydrogen) atoms. The van der Waals surface area contributed by atoms with E-state index in [-0.39, 0.29) is 18.4 Å². The average molecular weight is 284 g/mol. The summed E-state index contributed by atoms with van der Waals surface area (Å²) in [5.41, 5.74) is 8.90. The van der Waals surface area contributed by atoms with Gasteiger partial charge in [0.25, 0.3) is 11.8 Å². The zero-order valence-electron chi connectivity index (χ0n) is 12.2. The molecule has 0 spiro atoms. The maximum absolute atomic E-state index is 12.7. The van der Waals surface area contributed by atoms with Crippen LogP contribution in [0, 0.1) is 13.8 Å². The summed E-state index contributed by atoms with van der Waals surface area (Å²) in [5.74, 6) is -0.175. The van der Waals surface area contributed by atoms with E-state index in [9.17, 15) is 9.59 Å². The molecule has 6 heteroatoms. The largest absolute Gasteiger partial charge is 0.326 e. The summed E-state index contributed by atoms with van der Waals surface area (Å²) in [7, 11) is 1.69. The minimum absolute atomic E-state index is 0.217. The summed E-state index contributed by atoms with van der Waals surface area (Å²) in [4.78, 5) is 26.6. The summed E-state index contributed by atoms with van der Waals surface area (Å²) in [6, 6.07) is 3.71. The van der Waals surface area contributed by atoms with Crippen LogP contribution in [0.4, 0.5) is 5.82 Å². The fourth-order valence-corrected chi connectivity index (χ4v) is 2.78. The van der Waals surface area contributed by atoms with Gasteiger partial charge in [-0.2, -0.15) is 5.10 Å². The second kappa shape index (κ2) is 4.53. The highest BCUT2D eigenvalue weighted by Gasteiger charge is 2.41. The van der Waals surface area contributed by atoms with Crippen molar-refractivity contribution in [2.75, 3.05) is 4.90 Å². The van der Waals surface area contributed by atoms with Gasteiger partial charge in [0.15, 0.2) is 0 Å². The van der Waals surface area contributed by atoms with Crippen LogP contribution in [0.3, 0.4) is 0 Å². The van der Waals surface area contributed by atoms with Gasteiger partial charge in [-0.1, -0.05) is 12.1 Å². The third kappa shape index (κ3) is 1.72. The van der Waals surface area contributed by atoms with Crippen molar-refractivity contribution in [3.8, 4) is 0 Å². The molecule has 108 valence electrons. The van der Waals surface area contributed by atoms with E-state index in [2.05, 4.69) is 5.10 Å². The van der Waals surface area contributed by atoms with Gasteiger partial charge in [0, 0.05) is 19.2 Å². The van der Waals surface area contributed by atoms with Crippen molar-refractivity contribution in [3.63, 3.8) is 0 Å². The van der Waals surface area contributed by atoms with E-state index in [4.69, 9.17) is 5.73 Å². The molecule has 0 unspecified atom stereocenters. The van der Waals surface area contributed by atoms with Gasteiger partial charge in [0.1, 0.15) is 5.82 Å². The molecule has 1 aromatic carbocycles. The van der Waals surface area contributed by atoms with Gasteiger partial charge in [0.2, 0.25) is 0 Å². The molecule has 1 aliphatic rings. The quantitative estimate of drug-likeness (QED) is 0.843. The molecule has 0 atom stereocenters. The number of anilines is 1. The fourth-order valence-electron chi connectivity index (χ4n) is 2.78. The molecular weight excluding hydrogens is 268 g/mol. The Kier molecular flexibility index (Phi) is 2.91. The third-order valence-corrected chi connectivity index (χ3v) is 3.87. The Labute approximate surface area is 122 Å². The lowest BCUT2D eigenvalue weighted by Crippen LogP contribution is -2.32. The number of carbonyl (C=O) groups excluding carboxylic acids is 2. The first-order chi connectivity index (χ1) is 9.97. The summed E-state index contributed by atoms with van der Waals surface area (Å²) in [5, 5.41) is 4.10. The number of hydrogen-bond donors (Lipinski definition) is 1. The Morgan fingerprint density at radius 2 is 1.62 bits per heavy atom. The predicted octanol–water partition coefficient (Wildman–Crippen LogP) is 1.30. The van der Waals surface area contributed by atoms with Crippen LogP contribution < -0.4 is 10.6 Å². The van der Waals surface area contributed by atoms with Crippen LogP contribution in [0.1, 0.15) is 37.4 Å². The van der Waals surface area contributed by atoms with Crippen molar-refractivity contribution in [2.45, 2.75) is 20.4 Å². The van der Waals surface area contributed by atoms with Crippen LogP contribution in [0.15, 0.2) is 18.3 Å². The van der Waals surface area contributed by atoms with Gasteiger partial charge >= 0.3 is 0 Å². The Bertz CT molecular complexity index is 735. The molecule has 1 aliphatic heterocycles. The summed E-state index contributed by atoms with van der Waals surface area (Å²) < 4.78 is 1.51. The van der Waals surface area contributed by atoms with E-state index >= 15 is 0 Å². The molecule has 1 aromatic heterocycles. The van der Waals surface area contributed by atoms with Crippen LogP contribution >= 0.6 is 0 Å². The number of amides is 2. The van der Waals surface area contributed by atoms with Crippen molar-refractivity contribution in [1.29, 1.82) is 0 Å². The predicted molar refractivity (Wildman–Crippen MR) is 78.2 cm³/mol. The standard InChI is InChI=1S/C15H16N4O2/c1-8-4-5-9(2)12-11(8)14(20)19(15(12)21)13-10(6-16)7-17-18(13)3/h4-5,7H,6,16H2,1-3H3. The third-order valence-electron chi connectivity index (χ3n) is 3.87. The number of aromatic nitrogens is 2. The number of rotatable bonds is 2. The molecule has 2 amide bonds. The number of nitrogens with zero attached hydrogens (tertiary/aromatic N) is 3. The fraction of sp³-hybridized carbons (Fsp3) is 0.267. The average Bonchev–Trinajstić information content (AvgIpc) is 2.93. The summed E-state index contributed by atoms with van der Waals surface area (Å²) >= 11 is 0. The Balaban J connectivity index is 2.23. The van der Waals surface area contributed by atoms with E-state index < -0.39 is 0 Å². The van der Waals surface area contributed by atoms with Crippen molar-refractivity contribution in [2.24, 2.45) is 12.8 Å². The Morgan fingerprint density at radius 1 is 1.10 bits per heavy atom. The lowest BCUT2D eigenvalue weighted by atomic mass is 9.99. The maximum Gasteiger partial charge on any atom is 0.267 e. The summed E-state index contributed by atoms with van der Waals surface area (Å²) in [6.45, 7) is 3.88. The van der Waals surface area contributed by atoms with Gasteiger partial charge < -0.3 is 5.73 Å². The SMILES string of the molecule is Cc1ccc(C)c2c1C(=O)N(c1c(CN)cnn1C)C2=O. The van der Waals surface area contributed by atoms with Gasteiger partial charge in [-0.05, 0) is 25.0 Å². The topological polar surface area (TPSA) is 81.2 Å². The van der Waals surface area contributed by atoms with E-state index in [0.717, 1.165) is 11.1 Å². The molecule has 6 nitrogen and oxygen atoms in total. The summed E-state index contributed by atoms with van der Waals surface area (Å²) in [6.07, 6.45) is 1.58. The van der Waals surface area contributed by atoms with E-state index in [0.29, 0.717) is 22.5 Å². The smallest absolute Gasteiger partial charge is 0.267 e. The Morgan fingerprint density at radius 3 is 2.10 bits per heavy atom. The molecule has 0 bridgehead atoms. The number of nitrogens with two attached hydrogens (primary N) is 1. The van der Waals surface area contributed by atoms with Gasteiger partial charge in [-0.15, -0.1) is 0 Å². The lowest BCUT2D eigenvalue weighted by Gasteiger charge is -2.15. The number of carbonyl (C=O) groups is 2. The molecule has 3 rings (SSSR count). The molecule has 2 heterocycles. The maximum atomic E-state index is 12.7. The van der Waals surface area contributed by atoms with Crippen molar-refractivity contribution in [3.05, 3.63) is 46.1 Å². The lowest BCUT2D eigenvalue weighted by molar-refractivity contribution is 0.0923. The van der Waals surface area contributed by atoms with Crippen LogP contribution in [0.25, 0.3) is 0 Å². The first-order valence-electron chi connectivity index (χ1n) is 6.67. The highest BCUT2D eigenvalue weighted by molar-refractivity contribution is 6.35. The van der Waals surface area contributed by atoms with E-state index in [1.54, 1.807) is 13.2 Å². The van der Waals surface area contributed by atoms with Crippen LogP contribution in [-0.2, 0) is 13.6 Å². The molecule has 0 radical (unpaired) electrons. The molecule has 0 fully saturated rings. The number of aryl methyl sites for hydroxylation is 3. The molecule has 2 N–H and O–H groups in total. The minimum atomic E-state index is -0.311. The van der Waals surface area contributed by atoms with E-state index in [1.165, 1.54) is 9.58 Å². The highest BCUT2D eigenvalue weighted by atomic mass is 16.2. The van der Waals surface area contributed by atoms with Crippen LogP contribution in [0.2, 0.25) is 0 Å². The van der Waals surface area contributed by atoms with Gasteiger partial charge in [0.05, 0.1) is 17.3 Å². The van der Waals surface area contributed by atoms with Crippen LogP contribution in [0.5, 0.6) is 0 Å². The Hall–Kier alpha value is -2.47.